The Bertz CT molecular complexity index is 1280. The fourth-order valence-corrected chi connectivity index (χ4v) is 4.71. The molecule has 152 valence electrons. The molecule has 0 spiro atoms. The van der Waals surface area contributed by atoms with E-state index in [0.29, 0.717) is 21.4 Å². The Labute approximate surface area is 180 Å². The molecule has 0 fully saturated rings. The van der Waals surface area contributed by atoms with Crippen LogP contribution >= 0.6 is 23.1 Å². The van der Waals surface area contributed by atoms with E-state index < -0.39 is 4.92 Å². The van der Waals surface area contributed by atoms with Crippen LogP contribution in [0.1, 0.15) is 16.0 Å². The molecule has 0 aliphatic carbocycles. The highest BCUT2D eigenvalue weighted by Crippen LogP contribution is 2.34. The van der Waals surface area contributed by atoms with Crippen LogP contribution in [-0.2, 0) is 7.05 Å². The molecule has 9 nitrogen and oxygen atoms in total. The SMILES string of the molecule is Cc1sc2ncnc(NN=Cc3ccc(Sc4nccn4C)c([N+](=O)[O-])c3)c2c1C. The Kier molecular flexibility index (Phi) is 5.46. The van der Waals surface area contributed by atoms with Gasteiger partial charge in [-0.1, -0.05) is 6.07 Å². The van der Waals surface area contributed by atoms with Crippen molar-refractivity contribution in [1.29, 1.82) is 0 Å². The first-order valence-electron chi connectivity index (χ1n) is 8.87. The van der Waals surface area contributed by atoms with Crippen molar-refractivity contribution in [2.75, 3.05) is 5.43 Å². The van der Waals surface area contributed by atoms with Crippen molar-refractivity contribution >= 4 is 51.0 Å². The minimum absolute atomic E-state index is 0.000630. The van der Waals surface area contributed by atoms with E-state index in [-0.39, 0.29) is 5.69 Å². The van der Waals surface area contributed by atoms with Crippen LogP contribution in [0.2, 0.25) is 0 Å². The number of imidazole rings is 1. The number of benzene rings is 1. The maximum absolute atomic E-state index is 11.6. The largest absolute Gasteiger partial charge is 0.329 e. The Morgan fingerprint density at radius 3 is 2.87 bits per heavy atom. The lowest BCUT2D eigenvalue weighted by Crippen LogP contribution is -1.97. The molecule has 0 atom stereocenters. The molecule has 0 aliphatic rings. The van der Waals surface area contributed by atoms with E-state index in [1.165, 1.54) is 35.2 Å². The number of hydrazone groups is 1. The third-order valence-electron chi connectivity index (χ3n) is 4.51. The van der Waals surface area contributed by atoms with Crippen molar-refractivity contribution in [3.05, 3.63) is 63.0 Å². The molecule has 1 N–H and O–H groups in total. The molecule has 0 saturated heterocycles. The molecule has 4 aromatic rings. The topological polar surface area (TPSA) is 111 Å². The standard InChI is InChI=1S/C19H17N7O2S2/c1-11-12(2)29-18-16(11)17(21-10-22-18)24-23-9-13-4-5-15(14(8-13)26(27)28)30-19-20-6-7-25(19)3/h4-10H,1-3H3,(H,21,22,24). The number of hydrogen-bond donors (Lipinski definition) is 1. The van der Waals surface area contributed by atoms with E-state index in [9.17, 15) is 10.1 Å². The molecule has 3 aromatic heterocycles. The van der Waals surface area contributed by atoms with E-state index in [1.807, 2.05) is 25.5 Å². The van der Waals surface area contributed by atoms with Crippen molar-refractivity contribution in [1.82, 2.24) is 19.5 Å². The summed E-state index contributed by atoms with van der Waals surface area (Å²) in [5, 5.41) is 17.4. The molecule has 3 heterocycles. The van der Waals surface area contributed by atoms with Crippen LogP contribution in [0.3, 0.4) is 0 Å². The summed E-state index contributed by atoms with van der Waals surface area (Å²) < 4.78 is 1.81. The molecule has 0 aliphatic heterocycles. The number of rotatable bonds is 6. The van der Waals surface area contributed by atoms with Gasteiger partial charge in [-0.2, -0.15) is 5.10 Å². The number of nitrogens with one attached hydrogen (secondary N) is 1. The number of hydrogen-bond acceptors (Lipinski definition) is 9. The Hall–Kier alpha value is -3.31. The minimum atomic E-state index is -0.401. The average Bonchev–Trinajstić information content (AvgIpc) is 3.25. The van der Waals surface area contributed by atoms with Crippen LogP contribution < -0.4 is 5.43 Å². The number of anilines is 1. The van der Waals surface area contributed by atoms with Gasteiger partial charge in [0.2, 0.25) is 0 Å². The van der Waals surface area contributed by atoms with E-state index in [0.717, 1.165) is 15.8 Å². The zero-order chi connectivity index (χ0) is 21.3. The highest BCUT2D eigenvalue weighted by atomic mass is 32.2. The first-order valence-corrected chi connectivity index (χ1v) is 10.5. The predicted octanol–water partition coefficient (Wildman–Crippen LogP) is 4.55. The van der Waals surface area contributed by atoms with E-state index >= 15 is 0 Å². The first kappa shape index (κ1) is 20.0. The second-order valence-corrected chi connectivity index (χ2v) is 8.68. The van der Waals surface area contributed by atoms with Gasteiger partial charge >= 0.3 is 0 Å². The number of thiophene rings is 1. The van der Waals surface area contributed by atoms with Crippen LogP contribution in [-0.4, -0.2) is 30.7 Å². The number of nitro benzene ring substituents is 1. The van der Waals surface area contributed by atoms with Gasteiger partial charge in [-0.15, -0.1) is 11.3 Å². The Morgan fingerprint density at radius 1 is 1.30 bits per heavy atom. The van der Waals surface area contributed by atoms with Crippen LogP contribution in [0.25, 0.3) is 10.2 Å². The fourth-order valence-electron chi connectivity index (χ4n) is 2.83. The molecule has 0 saturated carbocycles. The highest BCUT2D eigenvalue weighted by Gasteiger charge is 2.17. The fraction of sp³-hybridized carbons (Fsp3) is 0.158. The van der Waals surface area contributed by atoms with Gasteiger partial charge in [0.1, 0.15) is 11.2 Å². The second kappa shape index (κ2) is 8.20. The Morgan fingerprint density at radius 2 is 2.13 bits per heavy atom. The summed E-state index contributed by atoms with van der Waals surface area (Å²) in [4.78, 5) is 26.5. The number of fused-ring (bicyclic) bond motifs is 1. The lowest BCUT2D eigenvalue weighted by Gasteiger charge is -2.04. The molecule has 30 heavy (non-hydrogen) atoms. The molecule has 0 unspecified atom stereocenters. The Balaban J connectivity index is 1.58. The van der Waals surface area contributed by atoms with E-state index in [1.54, 1.807) is 35.9 Å². The second-order valence-electron chi connectivity index (χ2n) is 6.46. The smallest absolute Gasteiger partial charge is 0.283 e. The quantitative estimate of drug-likeness (QED) is 0.266. The maximum Gasteiger partial charge on any atom is 0.283 e. The summed E-state index contributed by atoms with van der Waals surface area (Å²) in [6.45, 7) is 4.06. The summed E-state index contributed by atoms with van der Waals surface area (Å²) in [6.07, 6.45) is 6.47. The highest BCUT2D eigenvalue weighted by molar-refractivity contribution is 7.99. The molecule has 0 bridgehead atoms. The van der Waals surface area contributed by atoms with Gasteiger partial charge < -0.3 is 4.57 Å². The molecule has 4 rings (SSSR count). The van der Waals surface area contributed by atoms with Crippen molar-refractivity contribution in [3.63, 3.8) is 0 Å². The van der Waals surface area contributed by atoms with E-state index in [4.69, 9.17) is 0 Å². The molecule has 0 radical (unpaired) electrons. The lowest BCUT2D eigenvalue weighted by molar-refractivity contribution is -0.387. The normalized spacial score (nSPS) is 11.4. The summed E-state index contributed by atoms with van der Waals surface area (Å²) >= 11 is 2.85. The summed E-state index contributed by atoms with van der Waals surface area (Å²) in [5.74, 6) is 0.606. The predicted molar refractivity (Wildman–Crippen MR) is 119 cm³/mol. The average molecular weight is 440 g/mol. The molecule has 11 heteroatoms. The van der Waals surface area contributed by atoms with Crippen molar-refractivity contribution < 1.29 is 4.92 Å². The van der Waals surface area contributed by atoms with E-state index in [2.05, 4.69) is 25.5 Å². The monoisotopic (exact) mass is 439 g/mol. The number of nitro groups is 1. The summed E-state index contributed by atoms with van der Waals surface area (Å²) in [5.41, 5.74) is 4.64. The lowest BCUT2D eigenvalue weighted by atomic mass is 10.2. The maximum atomic E-state index is 11.6. The van der Waals surface area contributed by atoms with Crippen molar-refractivity contribution in [3.8, 4) is 0 Å². The summed E-state index contributed by atoms with van der Waals surface area (Å²) in [7, 11) is 1.84. The summed E-state index contributed by atoms with van der Waals surface area (Å²) in [6, 6.07) is 4.97. The molecular formula is C19H17N7O2S2. The minimum Gasteiger partial charge on any atom is -0.329 e. The van der Waals surface area contributed by atoms with Crippen molar-refractivity contribution in [2.45, 2.75) is 23.9 Å². The first-order chi connectivity index (χ1) is 14.4. The van der Waals surface area contributed by atoms with Crippen LogP contribution in [0.15, 0.2) is 52.1 Å². The number of nitrogens with zero attached hydrogens (tertiary/aromatic N) is 6. The van der Waals surface area contributed by atoms with Gasteiger partial charge in [0.05, 0.1) is 21.4 Å². The van der Waals surface area contributed by atoms with Gasteiger partial charge in [0, 0.05) is 35.9 Å². The van der Waals surface area contributed by atoms with Crippen LogP contribution in [0.4, 0.5) is 11.5 Å². The number of aryl methyl sites for hydroxylation is 3. The van der Waals surface area contributed by atoms with Crippen LogP contribution in [0.5, 0.6) is 0 Å². The number of aromatic nitrogens is 4. The van der Waals surface area contributed by atoms with Gasteiger partial charge in [0.15, 0.2) is 11.0 Å². The van der Waals surface area contributed by atoms with Gasteiger partial charge in [-0.25, -0.2) is 15.0 Å². The van der Waals surface area contributed by atoms with Crippen molar-refractivity contribution in [2.24, 2.45) is 12.1 Å². The molecule has 1 aromatic carbocycles. The van der Waals surface area contributed by atoms with Gasteiger partial charge in [0.25, 0.3) is 5.69 Å². The van der Waals surface area contributed by atoms with Gasteiger partial charge in [-0.05, 0) is 37.2 Å². The van der Waals surface area contributed by atoms with Crippen LogP contribution in [0, 0.1) is 24.0 Å². The third kappa shape index (κ3) is 3.89. The molecule has 0 amide bonds. The zero-order valence-electron chi connectivity index (χ0n) is 16.4. The molecular weight excluding hydrogens is 422 g/mol. The third-order valence-corrected chi connectivity index (χ3v) is 6.76. The van der Waals surface area contributed by atoms with Gasteiger partial charge in [-0.3, -0.25) is 15.5 Å². The zero-order valence-corrected chi connectivity index (χ0v) is 18.0.